The highest BCUT2D eigenvalue weighted by Crippen LogP contribution is 2.07. The van der Waals surface area contributed by atoms with Gasteiger partial charge in [0, 0.05) is 12.3 Å². The quantitative estimate of drug-likeness (QED) is 0.845. The van der Waals surface area contributed by atoms with E-state index in [1.165, 1.54) is 24.4 Å². The van der Waals surface area contributed by atoms with Gasteiger partial charge in [0.2, 0.25) is 5.91 Å². The Labute approximate surface area is 122 Å². The first-order chi connectivity index (χ1) is 10.0. The van der Waals surface area contributed by atoms with E-state index in [4.69, 9.17) is 5.11 Å². The van der Waals surface area contributed by atoms with Crippen LogP contribution in [0.2, 0.25) is 0 Å². The van der Waals surface area contributed by atoms with Crippen molar-refractivity contribution in [3.05, 3.63) is 65.4 Å². The van der Waals surface area contributed by atoms with Crippen molar-refractivity contribution in [2.45, 2.75) is 6.92 Å². The number of aromatic nitrogens is 1. The zero-order valence-corrected chi connectivity index (χ0v) is 11.4. The number of carboxylic acid groups (broad SMARTS) is 1. The summed E-state index contributed by atoms with van der Waals surface area (Å²) in [6, 6.07) is 10.6. The lowest BCUT2D eigenvalue weighted by Crippen LogP contribution is -2.09. The van der Waals surface area contributed by atoms with Crippen LogP contribution in [0.4, 0.5) is 5.82 Å². The van der Waals surface area contributed by atoms with Crippen LogP contribution in [-0.2, 0) is 4.79 Å². The van der Waals surface area contributed by atoms with Crippen LogP contribution >= 0.6 is 0 Å². The molecule has 0 spiro atoms. The molecule has 0 unspecified atom stereocenters. The van der Waals surface area contributed by atoms with E-state index >= 15 is 0 Å². The predicted molar refractivity (Wildman–Crippen MR) is 80.0 cm³/mol. The molecule has 0 saturated heterocycles. The number of anilines is 1. The second-order valence-corrected chi connectivity index (χ2v) is 4.47. The van der Waals surface area contributed by atoms with E-state index in [1.807, 2.05) is 31.2 Å². The fraction of sp³-hybridized carbons (Fsp3) is 0.0625. The van der Waals surface area contributed by atoms with Crippen molar-refractivity contribution in [2.24, 2.45) is 0 Å². The third kappa shape index (κ3) is 4.28. The van der Waals surface area contributed by atoms with E-state index in [2.05, 4.69) is 10.3 Å². The topological polar surface area (TPSA) is 79.3 Å². The third-order valence-electron chi connectivity index (χ3n) is 2.77. The van der Waals surface area contributed by atoms with Crippen molar-refractivity contribution in [3.8, 4) is 0 Å². The molecular weight excluding hydrogens is 268 g/mol. The van der Waals surface area contributed by atoms with Gasteiger partial charge in [-0.25, -0.2) is 9.78 Å². The molecule has 1 amide bonds. The minimum Gasteiger partial charge on any atom is -0.478 e. The summed E-state index contributed by atoms with van der Waals surface area (Å²) in [7, 11) is 0. The van der Waals surface area contributed by atoms with Crippen molar-refractivity contribution in [2.75, 3.05) is 5.32 Å². The van der Waals surface area contributed by atoms with Gasteiger partial charge in [-0.3, -0.25) is 4.79 Å². The van der Waals surface area contributed by atoms with E-state index in [0.29, 0.717) is 5.82 Å². The molecule has 5 nitrogen and oxygen atoms in total. The molecule has 0 aliphatic rings. The molecule has 0 saturated carbocycles. The van der Waals surface area contributed by atoms with Gasteiger partial charge in [-0.15, -0.1) is 0 Å². The van der Waals surface area contributed by atoms with Crippen LogP contribution in [0.5, 0.6) is 0 Å². The first-order valence-corrected chi connectivity index (χ1v) is 6.30. The lowest BCUT2D eigenvalue weighted by atomic mass is 10.1. The van der Waals surface area contributed by atoms with Gasteiger partial charge in [-0.1, -0.05) is 29.8 Å². The number of nitrogens with zero attached hydrogens (tertiary/aromatic N) is 1. The first kappa shape index (κ1) is 14.5. The Morgan fingerprint density at radius 2 is 1.86 bits per heavy atom. The van der Waals surface area contributed by atoms with Gasteiger partial charge in [0.1, 0.15) is 5.82 Å². The minimum absolute atomic E-state index is 0.0724. The molecule has 106 valence electrons. The van der Waals surface area contributed by atoms with Gasteiger partial charge < -0.3 is 10.4 Å². The normalized spacial score (nSPS) is 10.5. The highest BCUT2D eigenvalue weighted by Gasteiger charge is 2.04. The lowest BCUT2D eigenvalue weighted by molar-refractivity contribution is -0.111. The fourth-order valence-electron chi connectivity index (χ4n) is 1.61. The summed E-state index contributed by atoms with van der Waals surface area (Å²) < 4.78 is 0. The summed E-state index contributed by atoms with van der Waals surface area (Å²) in [6.45, 7) is 1.99. The largest absolute Gasteiger partial charge is 0.478 e. The van der Waals surface area contributed by atoms with E-state index in [9.17, 15) is 9.59 Å². The number of carboxylic acids is 1. The molecule has 5 heteroatoms. The molecular formula is C16H14N2O3. The third-order valence-corrected chi connectivity index (χ3v) is 2.77. The highest BCUT2D eigenvalue weighted by atomic mass is 16.4. The van der Waals surface area contributed by atoms with Crippen molar-refractivity contribution < 1.29 is 14.7 Å². The number of carbonyl (C=O) groups excluding carboxylic acids is 1. The SMILES string of the molecule is Cc1ccc(/C=C/C(=O)Nc2ccc(C(=O)O)cn2)cc1. The molecule has 1 aromatic heterocycles. The molecule has 0 aliphatic heterocycles. The lowest BCUT2D eigenvalue weighted by Gasteiger charge is -2.01. The molecule has 0 atom stereocenters. The van der Waals surface area contributed by atoms with Crippen LogP contribution in [0.1, 0.15) is 21.5 Å². The van der Waals surface area contributed by atoms with Gasteiger partial charge in [-0.05, 0) is 30.7 Å². The van der Waals surface area contributed by atoms with E-state index in [0.717, 1.165) is 11.1 Å². The summed E-state index contributed by atoms with van der Waals surface area (Å²) in [5, 5.41) is 11.3. The van der Waals surface area contributed by atoms with Gasteiger partial charge in [0.25, 0.3) is 0 Å². The van der Waals surface area contributed by atoms with E-state index in [1.54, 1.807) is 6.08 Å². The smallest absolute Gasteiger partial charge is 0.337 e. The fourth-order valence-corrected chi connectivity index (χ4v) is 1.61. The summed E-state index contributed by atoms with van der Waals surface area (Å²) >= 11 is 0. The number of pyridine rings is 1. The van der Waals surface area contributed by atoms with Crippen molar-refractivity contribution in [1.29, 1.82) is 0 Å². The van der Waals surface area contributed by atoms with Crippen LogP contribution in [0.15, 0.2) is 48.7 Å². The van der Waals surface area contributed by atoms with Crippen LogP contribution < -0.4 is 5.32 Å². The first-order valence-electron chi connectivity index (χ1n) is 6.30. The molecule has 0 aliphatic carbocycles. The van der Waals surface area contributed by atoms with Gasteiger partial charge in [0.15, 0.2) is 0 Å². The highest BCUT2D eigenvalue weighted by molar-refractivity contribution is 6.01. The Hall–Kier alpha value is -2.95. The zero-order chi connectivity index (χ0) is 15.2. The van der Waals surface area contributed by atoms with Gasteiger partial charge in [-0.2, -0.15) is 0 Å². The summed E-state index contributed by atoms with van der Waals surface area (Å²) in [6.07, 6.45) is 4.29. The maximum absolute atomic E-state index is 11.7. The van der Waals surface area contributed by atoms with Crippen molar-refractivity contribution in [1.82, 2.24) is 4.98 Å². The Bertz CT molecular complexity index is 674. The number of hydrogen-bond acceptors (Lipinski definition) is 3. The number of aryl methyl sites for hydroxylation is 1. The monoisotopic (exact) mass is 282 g/mol. The van der Waals surface area contributed by atoms with Gasteiger partial charge >= 0.3 is 5.97 Å². The van der Waals surface area contributed by atoms with E-state index in [-0.39, 0.29) is 11.5 Å². The predicted octanol–water partition coefficient (Wildman–Crippen LogP) is 2.74. The molecule has 2 N–H and O–H groups in total. The number of aromatic carboxylic acids is 1. The number of benzene rings is 1. The average Bonchev–Trinajstić information content (AvgIpc) is 2.47. The summed E-state index contributed by atoms with van der Waals surface area (Å²) in [5.74, 6) is -1.08. The van der Waals surface area contributed by atoms with Gasteiger partial charge in [0.05, 0.1) is 5.56 Å². The number of amides is 1. The maximum Gasteiger partial charge on any atom is 0.337 e. The maximum atomic E-state index is 11.7. The minimum atomic E-state index is -1.06. The summed E-state index contributed by atoms with van der Waals surface area (Å²) in [5.41, 5.74) is 2.15. The summed E-state index contributed by atoms with van der Waals surface area (Å²) in [4.78, 5) is 26.3. The van der Waals surface area contributed by atoms with Crippen LogP contribution in [0.3, 0.4) is 0 Å². The molecule has 0 bridgehead atoms. The van der Waals surface area contributed by atoms with Crippen molar-refractivity contribution in [3.63, 3.8) is 0 Å². The Morgan fingerprint density at radius 1 is 1.14 bits per heavy atom. The Balaban J connectivity index is 1.98. The molecule has 1 aromatic carbocycles. The van der Waals surface area contributed by atoms with Crippen LogP contribution in [0.25, 0.3) is 6.08 Å². The van der Waals surface area contributed by atoms with Crippen molar-refractivity contribution >= 4 is 23.8 Å². The average molecular weight is 282 g/mol. The zero-order valence-electron chi connectivity index (χ0n) is 11.4. The van der Waals surface area contributed by atoms with Crippen LogP contribution in [-0.4, -0.2) is 22.0 Å². The molecule has 0 radical (unpaired) electrons. The molecule has 2 aromatic rings. The Kier molecular flexibility index (Phi) is 4.46. The second-order valence-electron chi connectivity index (χ2n) is 4.47. The van der Waals surface area contributed by atoms with E-state index < -0.39 is 5.97 Å². The molecule has 21 heavy (non-hydrogen) atoms. The molecule has 2 rings (SSSR count). The number of carbonyl (C=O) groups is 2. The molecule has 0 fully saturated rings. The molecule has 1 heterocycles. The Morgan fingerprint density at radius 3 is 2.43 bits per heavy atom. The number of rotatable bonds is 4. The number of nitrogens with one attached hydrogen (secondary N) is 1. The van der Waals surface area contributed by atoms with Crippen LogP contribution in [0, 0.1) is 6.92 Å². The second kappa shape index (κ2) is 6.47. The number of hydrogen-bond donors (Lipinski definition) is 2. The standard InChI is InChI=1S/C16H14N2O3/c1-11-2-4-12(5-3-11)6-9-15(19)18-14-8-7-13(10-17-14)16(20)21/h2-10H,1H3,(H,20,21)(H,17,18,19)/b9-6+.